The summed E-state index contributed by atoms with van der Waals surface area (Å²) in [6, 6.07) is 12.4. The molecular weight excluding hydrogens is 1700 g/mol. The Hall–Kier alpha value is -10.4. The van der Waals surface area contributed by atoms with E-state index in [0.717, 1.165) is 64.1 Å². The van der Waals surface area contributed by atoms with Crippen LogP contribution in [0.2, 0.25) is 0 Å². The van der Waals surface area contributed by atoms with E-state index in [-0.39, 0.29) is 128 Å². The third-order valence-corrected chi connectivity index (χ3v) is 27.5. The normalized spacial score (nSPS) is 19.5. The predicted molar refractivity (Wildman–Crippen MR) is 504 cm³/mol. The minimum absolute atomic E-state index is 0.0737. The number of para-hydroxylation sites is 1. The lowest BCUT2D eigenvalue weighted by molar-refractivity contribution is -0.139. The molecule has 0 aliphatic carbocycles. The monoisotopic (exact) mass is 1840 g/mol. The average molecular weight is 1850 g/mol. The topological polar surface area (TPSA) is 564 Å². The molecule has 0 spiro atoms. The van der Waals surface area contributed by atoms with E-state index in [0.29, 0.717) is 64.9 Å². The number of benzene rings is 4. The summed E-state index contributed by atoms with van der Waals surface area (Å²) < 4.78 is 2.77. The second kappa shape index (κ2) is 53.2. The molecule has 5 aromatic rings. The molecule has 716 valence electrons. The number of hydrogen-bond acceptors (Lipinski definition) is 23. The largest absolute Gasteiger partial charge is 0.492 e. The molecule has 6 rings (SSSR count). The van der Waals surface area contributed by atoms with Crippen LogP contribution in [0.3, 0.4) is 0 Å². The van der Waals surface area contributed by atoms with E-state index in [4.69, 9.17) is 33.4 Å². The van der Waals surface area contributed by atoms with Gasteiger partial charge in [-0.05, 0) is 189 Å². The number of primary amides is 2. The standard InChI is InChI=1S/C94H141N17O17S2/c1-13-23-67(42-55(2)3)102-53-62(47-78(98)118)46-75(115)70(28-16-20-39-100-58(6)113)109-91(127)94(12,36-18-19-37-95)51-77(117)72(45-61-30-33-63-25-14-15-26-64(63)44-61)106-85(121)65(43-60-31-34-68(35-32-60)128-41-38-96)49-76(116)83-92(8,9)129-130-93(10,11)84(104-59(7)114)90(126)108-74(50-79(99)119)88(124)110-82(57(5)112)89(125)107-73(48-66-54-103-81-56(4)24-22-27-69(66)81)87(123)105-71(86(122)111-83)29-17-21-40-101-80(120)52-97/h14-15,22,24-27,30-35,44,54-55,57,62,65,67,70-74,82-84,102-103,112H,13,16-21,23,28-29,36-43,45-53,95-97H2,1-12H3,(H2,98,118)(H2,99,119)(H,100,113)(H,101,120)(H,104,114)(H,105,123)(H,106,121)(H,107,125)(H,108,126)(H,109,127)(H,110,124)(H,111,122)/t57-,62+,65-,67+,70+,71+,72+,73+,74+,82+,83-,84-,94-/m1/s1. The van der Waals surface area contributed by atoms with Crippen LogP contribution in [0.5, 0.6) is 5.75 Å². The maximum absolute atomic E-state index is 16.5. The molecule has 130 heavy (non-hydrogen) atoms. The molecular formula is C94H141N17O17S2. The number of H-pyrrole nitrogens is 1. The molecule has 0 saturated carbocycles. The van der Waals surface area contributed by atoms with Gasteiger partial charge in [0.1, 0.15) is 48.6 Å². The zero-order valence-corrected chi connectivity index (χ0v) is 79.1. The van der Waals surface area contributed by atoms with Crippen molar-refractivity contribution in [3.05, 3.63) is 113 Å². The number of amides is 12. The molecule has 1 aromatic heterocycles. The first kappa shape index (κ1) is 108. The molecule has 4 aromatic carbocycles. The van der Waals surface area contributed by atoms with E-state index in [1.807, 2.05) is 55.5 Å². The van der Waals surface area contributed by atoms with Crippen molar-refractivity contribution in [1.29, 1.82) is 0 Å². The Bertz CT molecular complexity index is 4680. The summed E-state index contributed by atoms with van der Waals surface area (Å²) >= 11 is 0. The fourth-order valence-corrected chi connectivity index (χ4v) is 18.9. The molecule has 1 aliphatic rings. The van der Waals surface area contributed by atoms with Crippen LogP contribution >= 0.6 is 21.6 Å². The summed E-state index contributed by atoms with van der Waals surface area (Å²) in [6.45, 7) is 20.7. The number of ether oxygens (including phenoxy) is 1. The van der Waals surface area contributed by atoms with Gasteiger partial charge in [-0.1, -0.05) is 135 Å². The Balaban J connectivity index is 1.54. The molecule has 2 heterocycles. The van der Waals surface area contributed by atoms with Gasteiger partial charge in [0.2, 0.25) is 70.9 Å². The smallest absolute Gasteiger partial charge is 0.245 e. The van der Waals surface area contributed by atoms with Gasteiger partial charge in [0.05, 0.1) is 36.6 Å². The van der Waals surface area contributed by atoms with Crippen molar-refractivity contribution in [2.75, 3.05) is 45.9 Å². The number of ketones is 3. The number of hydrogen-bond donors (Lipinski definition) is 18. The molecule has 1 saturated heterocycles. The number of nitrogens with one attached hydrogen (secondary N) is 12. The summed E-state index contributed by atoms with van der Waals surface area (Å²) in [5, 5.41) is 44.8. The summed E-state index contributed by atoms with van der Waals surface area (Å²) in [4.78, 5) is 222. The number of nitrogens with two attached hydrogens (primary N) is 5. The van der Waals surface area contributed by atoms with Crippen molar-refractivity contribution in [1.82, 2.24) is 63.5 Å². The highest BCUT2D eigenvalue weighted by Gasteiger charge is 2.47. The first-order valence-corrected chi connectivity index (χ1v) is 47.4. The van der Waals surface area contributed by atoms with Gasteiger partial charge in [-0.25, -0.2) is 0 Å². The van der Waals surface area contributed by atoms with Crippen LogP contribution < -0.4 is 91.9 Å². The number of fused-ring (bicyclic) bond motifs is 2. The maximum Gasteiger partial charge on any atom is 0.245 e. The van der Waals surface area contributed by atoms with Crippen molar-refractivity contribution in [2.45, 2.75) is 281 Å². The van der Waals surface area contributed by atoms with Gasteiger partial charge in [0, 0.05) is 104 Å². The van der Waals surface area contributed by atoms with Crippen molar-refractivity contribution in [3.8, 4) is 5.75 Å². The van der Waals surface area contributed by atoms with E-state index in [2.05, 4.69) is 84.2 Å². The number of carbonyl (C=O) groups excluding carboxylic acids is 15. The van der Waals surface area contributed by atoms with Crippen LogP contribution in [0.15, 0.2) is 91.1 Å². The van der Waals surface area contributed by atoms with Gasteiger partial charge in [0.25, 0.3) is 0 Å². The Labute approximate surface area is 770 Å². The number of carbonyl (C=O) groups is 15. The molecule has 0 unspecified atom stereocenters. The molecule has 13 atom stereocenters. The Morgan fingerprint density at radius 1 is 0.631 bits per heavy atom. The highest BCUT2D eigenvalue weighted by molar-refractivity contribution is 8.77. The van der Waals surface area contributed by atoms with Crippen LogP contribution in [-0.4, -0.2) is 214 Å². The van der Waals surface area contributed by atoms with E-state index in [1.54, 1.807) is 77.2 Å². The van der Waals surface area contributed by atoms with Gasteiger partial charge in [-0.3, -0.25) is 71.9 Å². The lowest BCUT2D eigenvalue weighted by Gasteiger charge is -2.39. The third kappa shape index (κ3) is 35.4. The molecule has 0 radical (unpaired) electrons. The molecule has 36 heteroatoms. The Morgan fingerprint density at radius 3 is 1.93 bits per heavy atom. The zero-order valence-electron chi connectivity index (χ0n) is 77.4. The van der Waals surface area contributed by atoms with Gasteiger partial charge in [0.15, 0.2) is 17.3 Å². The van der Waals surface area contributed by atoms with Gasteiger partial charge in [-0.2, -0.15) is 0 Å². The number of aromatic nitrogens is 1. The summed E-state index contributed by atoms with van der Waals surface area (Å²) in [6.07, 6.45) is 1.42. The summed E-state index contributed by atoms with van der Waals surface area (Å²) in [7, 11) is 1.94. The highest BCUT2D eigenvalue weighted by Crippen LogP contribution is 2.47. The zero-order chi connectivity index (χ0) is 96.2. The number of rotatable bonds is 50. The van der Waals surface area contributed by atoms with E-state index in [9.17, 15) is 48.3 Å². The molecule has 1 fully saturated rings. The SMILES string of the molecule is CCC[C@@H](CC(C)C)NC[C@H](CC(N)=O)CC(=O)[C@H](CCCCNC(C)=O)NC(=O)[C@](C)(CCCCN)CC(=O)[C@H](Cc1ccc2ccccc2c1)NC(=O)[C@@H](CC(=O)[C@H]1NC(=O)[C@H](CCCCNC(=O)CN)NC(=O)[C@H](Cc2c[nH]c3c(C)cccc23)NC(=O)[C@H]([C@@H](C)O)NC(=O)[C@H](CC(N)=O)NC(=O)[C@@H](NC(C)=O)C(C)(C)SSC1(C)C)Cc1ccc(OCCN)cc1. The molecule has 0 bridgehead atoms. The van der Waals surface area contributed by atoms with Crippen LogP contribution in [-0.2, 0) is 91.2 Å². The summed E-state index contributed by atoms with van der Waals surface area (Å²) in [5.41, 5.74) is 30.6. The van der Waals surface area contributed by atoms with Crippen LogP contribution in [0.25, 0.3) is 21.7 Å². The van der Waals surface area contributed by atoms with Crippen LogP contribution in [0, 0.1) is 30.1 Å². The van der Waals surface area contributed by atoms with Crippen molar-refractivity contribution >= 4 is 131 Å². The number of aliphatic hydroxyl groups is 1. The Kier molecular flexibility index (Phi) is 44.4. The number of Topliss-reactive ketones (excluding diaryl/α,β-unsaturated/α-hetero) is 3. The first-order chi connectivity index (χ1) is 61.5. The molecule has 23 N–H and O–H groups in total. The lowest BCUT2D eigenvalue weighted by Crippen LogP contribution is -2.63. The number of aromatic amines is 1. The van der Waals surface area contributed by atoms with Gasteiger partial charge >= 0.3 is 0 Å². The maximum atomic E-state index is 16.5. The minimum atomic E-state index is -1.91. The molecule has 1 aliphatic heterocycles. The van der Waals surface area contributed by atoms with Crippen LogP contribution in [0.1, 0.15) is 208 Å². The van der Waals surface area contributed by atoms with Crippen molar-refractivity contribution in [3.63, 3.8) is 0 Å². The number of aliphatic hydroxyl groups excluding tert-OH is 1. The quantitative estimate of drug-likeness (QED) is 0.0187. The summed E-state index contributed by atoms with van der Waals surface area (Å²) in [5.74, 6) is -12.9. The highest BCUT2D eigenvalue weighted by atomic mass is 33.1. The fourth-order valence-electron chi connectivity index (χ4n) is 16.1. The fraction of sp³-hybridized carbons (Fsp3) is 0.585. The molecule has 34 nitrogen and oxygen atoms in total. The number of aryl methyl sites for hydroxylation is 1. The third-order valence-electron chi connectivity index (χ3n) is 23.2. The Morgan fingerprint density at radius 2 is 1.28 bits per heavy atom. The molecule has 12 amide bonds. The lowest BCUT2D eigenvalue weighted by atomic mass is 9.77. The van der Waals surface area contributed by atoms with Gasteiger partial charge < -0.3 is 102 Å². The van der Waals surface area contributed by atoms with Gasteiger partial charge in [-0.15, -0.1) is 0 Å². The van der Waals surface area contributed by atoms with E-state index < -0.39 is 177 Å². The second-order valence-corrected chi connectivity index (χ2v) is 39.5. The second-order valence-electron chi connectivity index (χ2n) is 36.1. The minimum Gasteiger partial charge on any atom is -0.492 e. The number of unbranched alkanes of at least 4 members (excludes halogenated alkanes) is 3. The first-order valence-electron chi connectivity index (χ1n) is 45.2. The van der Waals surface area contributed by atoms with Crippen LogP contribution in [0.4, 0.5) is 0 Å². The van der Waals surface area contributed by atoms with Crippen molar-refractivity contribution in [2.24, 2.45) is 51.8 Å². The van der Waals surface area contributed by atoms with E-state index >= 15 is 28.8 Å². The predicted octanol–water partition coefficient (Wildman–Crippen LogP) is 4.58. The average Bonchev–Trinajstić information content (AvgIpc) is 1.72. The van der Waals surface area contributed by atoms with Crippen molar-refractivity contribution < 1.29 is 81.8 Å². The van der Waals surface area contributed by atoms with E-state index in [1.165, 1.54) is 13.8 Å².